The third-order valence-electron chi connectivity index (χ3n) is 15.6. The molecule has 0 fully saturated rings. The summed E-state index contributed by atoms with van der Waals surface area (Å²) < 4.78 is 0. The van der Waals surface area contributed by atoms with E-state index < -0.39 is 0 Å². The zero-order valence-corrected chi connectivity index (χ0v) is 50.4. The van der Waals surface area contributed by atoms with Gasteiger partial charge in [0.2, 0.25) is 0 Å². The summed E-state index contributed by atoms with van der Waals surface area (Å²) in [5.74, 6) is 4.75. The summed E-state index contributed by atoms with van der Waals surface area (Å²) in [5, 5.41) is 8.10. The third kappa shape index (κ3) is 16.6. The first kappa shape index (κ1) is 58.4. The smallest absolute Gasteiger partial charge is 0.00723 e. The highest BCUT2D eigenvalue weighted by Crippen LogP contribution is 2.49. The number of thioether (sulfide) groups is 4. The van der Waals surface area contributed by atoms with Crippen LogP contribution in [0.2, 0.25) is 0 Å². The summed E-state index contributed by atoms with van der Waals surface area (Å²) in [6, 6.07) is 53.1. The Bertz CT molecular complexity index is 2500. The monoisotopic (exact) mass is 1080 g/mol. The van der Waals surface area contributed by atoms with Gasteiger partial charge in [-0.2, -0.15) is 0 Å². The van der Waals surface area contributed by atoms with Crippen LogP contribution in [-0.4, -0.2) is 23.0 Å². The Hall–Kier alpha value is -3.80. The minimum atomic E-state index is 1.19. The van der Waals surface area contributed by atoms with E-state index >= 15 is 0 Å². The van der Waals surface area contributed by atoms with E-state index in [1.165, 1.54) is 274 Å². The molecule has 0 atom stereocenters. The van der Waals surface area contributed by atoms with E-state index in [1.54, 1.807) is 0 Å². The number of hydrogen-bond donors (Lipinski definition) is 0. The van der Waals surface area contributed by atoms with Crippen LogP contribution in [-0.2, 0) is 0 Å². The summed E-state index contributed by atoms with van der Waals surface area (Å²) in [5.41, 5.74) is 10.4. The fourth-order valence-corrected chi connectivity index (χ4v) is 14.8. The molecule has 402 valence electrons. The van der Waals surface area contributed by atoms with Crippen molar-refractivity contribution in [2.45, 2.75) is 201 Å². The summed E-state index contributed by atoms with van der Waals surface area (Å²) in [6.45, 7) is 9.21. The maximum Gasteiger partial charge on any atom is 0.00723 e. The lowest BCUT2D eigenvalue weighted by Crippen LogP contribution is -1.94. The van der Waals surface area contributed by atoms with Crippen molar-refractivity contribution in [2.24, 2.45) is 0 Å². The maximum atomic E-state index is 2.52. The molecule has 0 saturated carbocycles. The van der Waals surface area contributed by atoms with Crippen LogP contribution in [0.15, 0.2) is 153 Å². The van der Waals surface area contributed by atoms with Gasteiger partial charge in [-0.05, 0) is 186 Å². The fraction of sp³-hybridized carbons (Fsp3) is 0.444. The van der Waals surface area contributed by atoms with Gasteiger partial charge in [0, 0.05) is 19.6 Å². The molecule has 0 heterocycles. The molecule has 8 aromatic rings. The Morgan fingerprint density at radius 2 is 0.421 bits per heavy atom. The van der Waals surface area contributed by atoms with Gasteiger partial charge in [0.1, 0.15) is 0 Å². The molecule has 0 aliphatic rings. The zero-order chi connectivity index (χ0) is 52.6. The van der Waals surface area contributed by atoms with Crippen molar-refractivity contribution in [2.75, 3.05) is 23.0 Å². The average molecular weight is 1080 g/mol. The van der Waals surface area contributed by atoms with Gasteiger partial charge in [-0.15, -0.1) is 47.0 Å². The summed E-state index contributed by atoms with van der Waals surface area (Å²) in [4.78, 5) is 5.49. The predicted octanol–water partition coefficient (Wildman–Crippen LogP) is 25.1. The third-order valence-corrected chi connectivity index (χ3v) is 20.0. The SMILES string of the molecule is CCCCCCCCSc1ccc(-c2cc(-c3ccc(SCCCCCCCC)cc3)c3ccc4c(-c5ccc(SCCCCCCCC)cc5)cc(-c5ccc(SCCCCCCCC)cc5)c5ccc2c3c54)cc1. The van der Waals surface area contributed by atoms with Crippen molar-refractivity contribution in [1.29, 1.82) is 0 Å². The van der Waals surface area contributed by atoms with Crippen molar-refractivity contribution in [1.82, 2.24) is 0 Å². The van der Waals surface area contributed by atoms with E-state index in [-0.39, 0.29) is 0 Å². The second kappa shape index (κ2) is 32.3. The van der Waals surface area contributed by atoms with E-state index in [2.05, 4.69) is 161 Å². The lowest BCUT2D eigenvalue weighted by atomic mass is 9.82. The highest BCUT2D eigenvalue weighted by molar-refractivity contribution is 8.00. The average Bonchev–Trinajstić information content (AvgIpc) is 3.52. The lowest BCUT2D eigenvalue weighted by molar-refractivity contribution is 0.627. The molecular formula is C72H90S4. The molecule has 0 radical (unpaired) electrons. The van der Waals surface area contributed by atoms with Crippen LogP contribution in [0.3, 0.4) is 0 Å². The standard InChI is InChI=1S/C72H90S4/c1-5-9-13-17-21-25-49-73-59-37-29-55(30-38-59)67-53-68(56-31-39-60(40-32-56)74-50-26-22-18-14-10-6-2)64-47-48-66-70(58-35-43-62(44-36-58)76-52-28-24-20-16-12-8-4)54-69(65-46-45-63(67)71(64)72(65)66)57-33-41-61(42-34-57)75-51-27-23-19-15-11-7-3/h29-48,53-54H,5-28,49-52H2,1-4H3. The molecule has 0 N–H and O–H groups in total. The lowest BCUT2D eigenvalue weighted by Gasteiger charge is -2.22. The van der Waals surface area contributed by atoms with E-state index in [0.717, 1.165) is 0 Å². The van der Waals surface area contributed by atoms with Gasteiger partial charge in [-0.25, -0.2) is 0 Å². The van der Waals surface area contributed by atoms with Crippen molar-refractivity contribution in [3.8, 4) is 44.5 Å². The number of hydrogen-bond acceptors (Lipinski definition) is 4. The summed E-state index contributed by atoms with van der Waals surface area (Å²) >= 11 is 8.09. The molecule has 0 bridgehead atoms. The molecule has 0 aliphatic heterocycles. The topological polar surface area (TPSA) is 0 Å². The molecule has 0 saturated heterocycles. The summed E-state index contributed by atoms with van der Waals surface area (Å²) in [6.07, 6.45) is 32.2. The molecule has 8 aromatic carbocycles. The van der Waals surface area contributed by atoms with Crippen molar-refractivity contribution in [3.05, 3.63) is 133 Å². The van der Waals surface area contributed by atoms with E-state index in [9.17, 15) is 0 Å². The van der Waals surface area contributed by atoms with Gasteiger partial charge in [-0.1, -0.05) is 229 Å². The molecule has 0 unspecified atom stereocenters. The first-order chi connectivity index (χ1) is 37.6. The van der Waals surface area contributed by atoms with Crippen molar-refractivity contribution >= 4 is 79.4 Å². The van der Waals surface area contributed by atoms with Crippen molar-refractivity contribution in [3.63, 3.8) is 0 Å². The Labute approximate surface area is 478 Å². The zero-order valence-electron chi connectivity index (χ0n) is 47.1. The minimum absolute atomic E-state index is 1.19. The number of benzene rings is 8. The van der Waals surface area contributed by atoms with Gasteiger partial charge in [-0.3, -0.25) is 0 Å². The highest BCUT2D eigenvalue weighted by Gasteiger charge is 2.21. The first-order valence-corrected chi connectivity index (χ1v) is 34.3. The number of rotatable bonds is 36. The Morgan fingerprint density at radius 1 is 0.224 bits per heavy atom. The fourth-order valence-electron chi connectivity index (χ4n) is 11.2. The van der Waals surface area contributed by atoms with Crippen LogP contribution < -0.4 is 0 Å². The highest BCUT2D eigenvalue weighted by atomic mass is 32.2. The second-order valence-electron chi connectivity index (χ2n) is 21.6. The summed E-state index contributed by atoms with van der Waals surface area (Å²) in [7, 11) is 0. The molecule has 0 amide bonds. The molecular weight excluding hydrogens is 993 g/mol. The van der Waals surface area contributed by atoms with Gasteiger partial charge in [0.05, 0.1) is 0 Å². The van der Waals surface area contributed by atoms with Gasteiger partial charge < -0.3 is 0 Å². The van der Waals surface area contributed by atoms with Crippen LogP contribution in [0.5, 0.6) is 0 Å². The Morgan fingerprint density at radius 3 is 0.632 bits per heavy atom. The van der Waals surface area contributed by atoms with Crippen LogP contribution in [0, 0.1) is 0 Å². The van der Waals surface area contributed by atoms with E-state index in [4.69, 9.17) is 0 Å². The van der Waals surface area contributed by atoms with Crippen LogP contribution in [0.4, 0.5) is 0 Å². The largest absolute Gasteiger partial charge is 0.126 e. The molecule has 0 spiro atoms. The predicted molar refractivity (Wildman–Crippen MR) is 348 cm³/mol. The molecule has 4 heteroatoms. The molecule has 0 aromatic heterocycles. The molecule has 8 rings (SSSR count). The quantitative estimate of drug-likeness (QED) is 0.0218. The number of unbranched alkanes of at least 4 members (excludes halogenated alkanes) is 20. The maximum absolute atomic E-state index is 2.52. The molecule has 76 heavy (non-hydrogen) atoms. The first-order valence-electron chi connectivity index (χ1n) is 30.3. The van der Waals surface area contributed by atoms with Crippen LogP contribution in [0.25, 0.3) is 76.8 Å². The molecule has 0 aliphatic carbocycles. The van der Waals surface area contributed by atoms with Crippen molar-refractivity contribution < 1.29 is 0 Å². The molecule has 0 nitrogen and oxygen atoms in total. The van der Waals surface area contributed by atoms with E-state index in [0.29, 0.717) is 0 Å². The van der Waals surface area contributed by atoms with Gasteiger partial charge in [0.15, 0.2) is 0 Å². The van der Waals surface area contributed by atoms with Crippen LogP contribution >= 0.6 is 47.0 Å². The minimum Gasteiger partial charge on any atom is -0.126 e. The van der Waals surface area contributed by atoms with Crippen LogP contribution in [0.1, 0.15) is 182 Å². The van der Waals surface area contributed by atoms with Gasteiger partial charge >= 0.3 is 0 Å². The second-order valence-corrected chi connectivity index (χ2v) is 26.3. The van der Waals surface area contributed by atoms with E-state index in [1.807, 2.05) is 47.0 Å². The Kier molecular flexibility index (Phi) is 24.8. The Balaban J connectivity index is 1.18. The normalized spacial score (nSPS) is 11.8. The van der Waals surface area contributed by atoms with Gasteiger partial charge in [0.25, 0.3) is 0 Å².